The number of benzene rings is 2. The summed E-state index contributed by atoms with van der Waals surface area (Å²) in [6.45, 7) is 0. The van der Waals surface area contributed by atoms with E-state index in [4.69, 9.17) is 0 Å². The Morgan fingerprint density at radius 3 is 2.78 bits per heavy atom. The Morgan fingerprint density at radius 2 is 1.96 bits per heavy atom. The fourth-order valence-corrected chi connectivity index (χ4v) is 4.37. The van der Waals surface area contributed by atoms with Crippen molar-refractivity contribution in [2.24, 2.45) is 0 Å². The van der Waals surface area contributed by atoms with Gasteiger partial charge < -0.3 is 10.2 Å². The first kappa shape index (κ1) is 17.8. The molecule has 0 atom stereocenters. The number of carbonyl (C=O) groups excluding carboxylic acids is 2. The normalized spacial score (nSPS) is 12.8. The van der Waals surface area contributed by atoms with Gasteiger partial charge in [-0.25, -0.2) is 4.98 Å². The number of hydrogen-bond acceptors (Lipinski definition) is 4. The summed E-state index contributed by atoms with van der Waals surface area (Å²) in [5, 5.41) is 3.57. The summed E-state index contributed by atoms with van der Waals surface area (Å²) < 4.78 is 0.732. The van der Waals surface area contributed by atoms with E-state index in [0.29, 0.717) is 21.8 Å². The molecule has 0 saturated heterocycles. The summed E-state index contributed by atoms with van der Waals surface area (Å²) in [5.74, 6) is -0.307. The molecule has 3 aromatic rings. The van der Waals surface area contributed by atoms with Crippen LogP contribution < -0.4 is 10.2 Å². The molecule has 2 amide bonds. The van der Waals surface area contributed by atoms with Gasteiger partial charge in [-0.2, -0.15) is 0 Å². The molecule has 0 radical (unpaired) electrons. The number of nitrogens with zero attached hydrogens (tertiary/aromatic N) is 2. The van der Waals surface area contributed by atoms with Crippen molar-refractivity contribution < 1.29 is 9.59 Å². The van der Waals surface area contributed by atoms with Crippen molar-refractivity contribution in [3.63, 3.8) is 0 Å². The fraction of sp³-hybridized carbons (Fsp3) is 0.0500. The van der Waals surface area contributed by atoms with Crippen molar-refractivity contribution in [2.45, 2.75) is 9.92 Å². The zero-order valence-corrected chi connectivity index (χ0v) is 16.7. The van der Waals surface area contributed by atoms with Crippen LogP contribution in [0.15, 0.2) is 75.2 Å². The Balaban J connectivity index is 1.68. The second kappa shape index (κ2) is 7.17. The molecule has 0 unspecified atom stereocenters. The highest BCUT2D eigenvalue weighted by Crippen LogP contribution is 2.41. The maximum absolute atomic E-state index is 12.7. The molecule has 1 aromatic heterocycles. The zero-order chi connectivity index (χ0) is 19.0. The number of amides is 2. The van der Waals surface area contributed by atoms with Crippen LogP contribution in [-0.2, 0) is 0 Å². The monoisotopic (exact) mass is 439 g/mol. The van der Waals surface area contributed by atoms with Gasteiger partial charge in [0.25, 0.3) is 11.8 Å². The Bertz CT molecular complexity index is 1070. The van der Waals surface area contributed by atoms with E-state index < -0.39 is 0 Å². The summed E-state index contributed by atoms with van der Waals surface area (Å²) in [6, 6.07) is 16.3. The molecule has 4 rings (SSSR count). The van der Waals surface area contributed by atoms with E-state index in [-0.39, 0.29) is 11.8 Å². The molecule has 7 heteroatoms. The van der Waals surface area contributed by atoms with E-state index in [1.807, 2.05) is 30.3 Å². The second-order valence-corrected chi connectivity index (χ2v) is 7.82. The van der Waals surface area contributed by atoms with E-state index >= 15 is 0 Å². The molecule has 5 nitrogen and oxygen atoms in total. The minimum Gasteiger partial charge on any atom is -0.322 e. The Morgan fingerprint density at radius 1 is 1.15 bits per heavy atom. The Hall–Kier alpha value is -2.64. The number of nitrogens with one attached hydrogen (secondary N) is 1. The number of aromatic nitrogens is 1. The van der Waals surface area contributed by atoms with E-state index in [1.165, 1.54) is 11.8 Å². The van der Waals surface area contributed by atoms with E-state index in [1.54, 1.807) is 42.4 Å². The van der Waals surface area contributed by atoms with Gasteiger partial charge in [0.05, 0.1) is 16.8 Å². The van der Waals surface area contributed by atoms with Gasteiger partial charge in [-0.3, -0.25) is 9.59 Å². The number of fused-ring (bicyclic) bond motifs is 2. The molecule has 27 heavy (non-hydrogen) atoms. The van der Waals surface area contributed by atoms with Gasteiger partial charge >= 0.3 is 0 Å². The molecule has 1 aliphatic rings. The fourth-order valence-electron chi connectivity index (χ4n) is 2.82. The third-order valence-corrected chi connectivity index (χ3v) is 5.97. The first-order chi connectivity index (χ1) is 13.0. The summed E-state index contributed by atoms with van der Waals surface area (Å²) in [6.07, 6.45) is 1.67. The molecular weight excluding hydrogens is 426 g/mol. The predicted molar refractivity (Wildman–Crippen MR) is 110 cm³/mol. The summed E-state index contributed by atoms with van der Waals surface area (Å²) in [4.78, 5) is 32.0. The number of rotatable bonds is 2. The summed E-state index contributed by atoms with van der Waals surface area (Å²) in [7, 11) is 1.74. The predicted octanol–water partition coefficient (Wildman–Crippen LogP) is 4.84. The van der Waals surface area contributed by atoms with Crippen LogP contribution in [0.1, 0.15) is 20.7 Å². The molecule has 2 aromatic carbocycles. The number of hydrogen-bond donors (Lipinski definition) is 1. The molecular formula is C20H14BrN3O2S. The highest BCUT2D eigenvalue weighted by Gasteiger charge is 2.25. The maximum atomic E-state index is 12.7. The van der Waals surface area contributed by atoms with E-state index in [2.05, 4.69) is 26.2 Å². The van der Waals surface area contributed by atoms with Gasteiger partial charge in [-0.15, -0.1) is 0 Å². The highest BCUT2D eigenvalue weighted by molar-refractivity contribution is 9.10. The Kier molecular flexibility index (Phi) is 4.72. The maximum Gasteiger partial charge on any atom is 0.260 e. The van der Waals surface area contributed by atoms with Crippen LogP contribution in [0.4, 0.5) is 11.4 Å². The molecule has 1 N–H and O–H groups in total. The average molecular weight is 440 g/mol. The van der Waals surface area contributed by atoms with Gasteiger partial charge in [-0.05, 0) is 58.4 Å². The smallest absolute Gasteiger partial charge is 0.260 e. The van der Waals surface area contributed by atoms with Crippen LogP contribution >= 0.6 is 27.7 Å². The van der Waals surface area contributed by atoms with Crippen molar-refractivity contribution in [3.05, 3.63) is 76.4 Å². The van der Waals surface area contributed by atoms with Gasteiger partial charge in [0.1, 0.15) is 5.03 Å². The van der Waals surface area contributed by atoms with Crippen LogP contribution in [0.25, 0.3) is 0 Å². The largest absolute Gasteiger partial charge is 0.322 e. The minimum atomic E-state index is -0.205. The molecule has 0 spiro atoms. The number of halogens is 1. The van der Waals surface area contributed by atoms with Crippen molar-refractivity contribution in [2.75, 3.05) is 17.3 Å². The van der Waals surface area contributed by atoms with Crippen LogP contribution in [0, 0.1) is 0 Å². The zero-order valence-electron chi connectivity index (χ0n) is 14.3. The van der Waals surface area contributed by atoms with Crippen LogP contribution in [0.3, 0.4) is 0 Å². The number of carbonyl (C=O) groups is 2. The SMILES string of the molecule is CN1C(=O)c2cccnc2Sc2cc(NC(=O)c3ccccc3Br)ccc21. The molecule has 2 heterocycles. The number of anilines is 2. The molecule has 1 aliphatic heterocycles. The average Bonchev–Trinajstić information content (AvgIpc) is 2.77. The van der Waals surface area contributed by atoms with Crippen molar-refractivity contribution in [1.82, 2.24) is 4.98 Å². The second-order valence-electron chi connectivity index (χ2n) is 5.94. The topological polar surface area (TPSA) is 62.3 Å². The van der Waals surface area contributed by atoms with Crippen LogP contribution in [0.5, 0.6) is 0 Å². The van der Waals surface area contributed by atoms with Crippen LogP contribution in [0.2, 0.25) is 0 Å². The number of pyridine rings is 1. The lowest BCUT2D eigenvalue weighted by molar-refractivity contribution is 0.0987. The minimum absolute atomic E-state index is 0.102. The first-order valence-corrected chi connectivity index (χ1v) is 9.76. The summed E-state index contributed by atoms with van der Waals surface area (Å²) in [5.41, 5.74) is 2.56. The van der Waals surface area contributed by atoms with Gasteiger partial charge in [-0.1, -0.05) is 23.9 Å². The third kappa shape index (κ3) is 3.36. The van der Waals surface area contributed by atoms with Crippen molar-refractivity contribution in [1.29, 1.82) is 0 Å². The lowest BCUT2D eigenvalue weighted by Gasteiger charge is -2.18. The van der Waals surface area contributed by atoms with Crippen LogP contribution in [-0.4, -0.2) is 23.8 Å². The Labute approximate surface area is 168 Å². The van der Waals surface area contributed by atoms with Crippen molar-refractivity contribution >= 4 is 50.9 Å². The quantitative estimate of drug-likeness (QED) is 0.620. The molecule has 134 valence electrons. The van der Waals surface area contributed by atoms with Gasteiger partial charge in [0.15, 0.2) is 0 Å². The lowest BCUT2D eigenvalue weighted by Crippen LogP contribution is -2.26. The molecule has 0 aliphatic carbocycles. The van der Waals surface area contributed by atoms with Gasteiger partial charge in [0, 0.05) is 28.3 Å². The molecule has 0 saturated carbocycles. The first-order valence-electron chi connectivity index (χ1n) is 8.15. The van der Waals surface area contributed by atoms with Gasteiger partial charge in [0.2, 0.25) is 0 Å². The van der Waals surface area contributed by atoms with E-state index in [9.17, 15) is 9.59 Å². The van der Waals surface area contributed by atoms with Crippen molar-refractivity contribution in [3.8, 4) is 0 Å². The third-order valence-electron chi connectivity index (χ3n) is 4.21. The highest BCUT2D eigenvalue weighted by atomic mass is 79.9. The van der Waals surface area contributed by atoms with E-state index in [0.717, 1.165) is 15.1 Å². The molecule has 0 bridgehead atoms. The summed E-state index contributed by atoms with van der Waals surface area (Å²) >= 11 is 4.81. The standard InChI is InChI=1S/C20H14BrN3O2S/c1-24-16-9-8-12(23-18(25)13-5-2-3-7-15(13)21)11-17(16)27-19-14(20(24)26)6-4-10-22-19/h2-11H,1H3,(H,23,25). The lowest BCUT2D eigenvalue weighted by atomic mass is 10.2. The molecule has 0 fully saturated rings.